The minimum Gasteiger partial charge on any atom is -0.496 e. The minimum absolute atomic E-state index is 0.0749. The Balaban J connectivity index is 1.85. The molecule has 35 heavy (non-hydrogen) atoms. The standard InChI is InChI=1S/C27H27ClN2O5/c1-27(2)26(32)30(3)24-21(15-35-18-8-6-7-16(13-18)25(31)34-5)19(10-11-22(24)29-27)20-14-17(28)9-12-23(20)33-4/h6-14,29H,15H2,1-5H3. The number of benzene rings is 3. The highest BCUT2D eigenvalue weighted by molar-refractivity contribution is 6.31. The lowest BCUT2D eigenvalue weighted by atomic mass is 9.92. The molecule has 0 fully saturated rings. The Morgan fingerprint density at radius 3 is 2.54 bits per heavy atom. The van der Waals surface area contributed by atoms with Crippen LogP contribution in [0.4, 0.5) is 11.4 Å². The van der Waals surface area contributed by atoms with Crippen LogP contribution in [0, 0.1) is 0 Å². The van der Waals surface area contributed by atoms with Gasteiger partial charge >= 0.3 is 5.97 Å². The van der Waals surface area contributed by atoms with Crippen LogP contribution in [0.1, 0.15) is 29.8 Å². The number of carbonyl (C=O) groups excluding carboxylic acids is 2. The number of hydrogen-bond donors (Lipinski definition) is 1. The van der Waals surface area contributed by atoms with E-state index in [1.807, 2.05) is 32.0 Å². The lowest BCUT2D eigenvalue weighted by Crippen LogP contribution is -2.52. The van der Waals surface area contributed by atoms with Gasteiger partial charge in [-0.1, -0.05) is 23.7 Å². The van der Waals surface area contributed by atoms with E-state index in [4.69, 9.17) is 25.8 Å². The summed E-state index contributed by atoms with van der Waals surface area (Å²) in [6.45, 7) is 3.81. The molecular weight excluding hydrogens is 468 g/mol. The molecule has 0 saturated heterocycles. The molecule has 7 nitrogen and oxygen atoms in total. The quantitative estimate of drug-likeness (QED) is 0.453. The molecule has 0 aromatic heterocycles. The summed E-state index contributed by atoms with van der Waals surface area (Å²) >= 11 is 6.33. The van der Waals surface area contributed by atoms with Gasteiger partial charge < -0.3 is 24.4 Å². The van der Waals surface area contributed by atoms with Crippen LogP contribution in [0.2, 0.25) is 5.02 Å². The third-order valence-electron chi connectivity index (χ3n) is 5.99. The summed E-state index contributed by atoms with van der Waals surface area (Å²) in [5, 5.41) is 3.90. The average Bonchev–Trinajstić information content (AvgIpc) is 2.85. The first-order valence-electron chi connectivity index (χ1n) is 11.0. The monoisotopic (exact) mass is 494 g/mol. The van der Waals surface area contributed by atoms with Crippen LogP contribution in [-0.2, 0) is 16.1 Å². The summed E-state index contributed by atoms with van der Waals surface area (Å²) in [5.74, 6) is 0.608. The van der Waals surface area contributed by atoms with E-state index < -0.39 is 11.5 Å². The molecule has 1 aliphatic heterocycles. The van der Waals surface area contributed by atoms with E-state index >= 15 is 0 Å². The van der Waals surface area contributed by atoms with E-state index in [1.54, 1.807) is 55.5 Å². The number of nitrogens with zero attached hydrogens (tertiary/aromatic N) is 1. The lowest BCUT2D eigenvalue weighted by Gasteiger charge is -2.39. The van der Waals surface area contributed by atoms with Crippen molar-refractivity contribution in [1.82, 2.24) is 0 Å². The van der Waals surface area contributed by atoms with Crippen LogP contribution in [0.15, 0.2) is 54.6 Å². The Labute approximate surface area is 209 Å². The van der Waals surface area contributed by atoms with Crippen LogP contribution in [0.5, 0.6) is 11.5 Å². The number of likely N-dealkylation sites (N-methyl/N-ethyl adjacent to an activating group) is 1. The van der Waals surface area contributed by atoms with Crippen molar-refractivity contribution in [2.24, 2.45) is 0 Å². The summed E-state index contributed by atoms with van der Waals surface area (Å²) in [6, 6.07) is 16.1. The van der Waals surface area contributed by atoms with E-state index in [-0.39, 0.29) is 12.5 Å². The van der Waals surface area contributed by atoms with Gasteiger partial charge in [-0.3, -0.25) is 4.79 Å². The van der Waals surface area contributed by atoms with E-state index in [9.17, 15) is 9.59 Å². The predicted molar refractivity (Wildman–Crippen MR) is 137 cm³/mol. The van der Waals surface area contributed by atoms with Crippen LogP contribution in [-0.4, -0.2) is 38.7 Å². The fourth-order valence-electron chi connectivity index (χ4n) is 4.31. The molecule has 0 radical (unpaired) electrons. The highest BCUT2D eigenvalue weighted by atomic mass is 35.5. The van der Waals surface area contributed by atoms with Crippen molar-refractivity contribution in [3.05, 3.63) is 70.7 Å². The van der Waals surface area contributed by atoms with Crippen LogP contribution in [0.25, 0.3) is 11.1 Å². The van der Waals surface area contributed by atoms with Crippen molar-refractivity contribution in [3.8, 4) is 22.6 Å². The molecule has 0 aliphatic carbocycles. The third-order valence-corrected chi connectivity index (χ3v) is 6.23. The van der Waals surface area contributed by atoms with Gasteiger partial charge in [0.1, 0.15) is 23.6 Å². The molecule has 1 amide bonds. The summed E-state index contributed by atoms with van der Waals surface area (Å²) in [5.41, 5.74) is 3.49. The maximum Gasteiger partial charge on any atom is 0.337 e. The molecule has 0 saturated carbocycles. The Morgan fingerprint density at radius 2 is 1.83 bits per heavy atom. The van der Waals surface area contributed by atoms with Gasteiger partial charge in [-0.2, -0.15) is 0 Å². The number of rotatable bonds is 6. The predicted octanol–water partition coefficient (Wildman–Crippen LogP) is 5.55. The molecule has 0 bridgehead atoms. The lowest BCUT2D eigenvalue weighted by molar-refractivity contribution is -0.121. The second kappa shape index (κ2) is 9.50. The van der Waals surface area contributed by atoms with Crippen molar-refractivity contribution in [1.29, 1.82) is 0 Å². The largest absolute Gasteiger partial charge is 0.496 e. The number of halogens is 1. The van der Waals surface area contributed by atoms with Crippen LogP contribution >= 0.6 is 11.6 Å². The molecule has 8 heteroatoms. The molecule has 0 unspecified atom stereocenters. The smallest absolute Gasteiger partial charge is 0.337 e. The molecule has 0 atom stereocenters. The van der Waals surface area contributed by atoms with Crippen LogP contribution < -0.4 is 19.7 Å². The number of amides is 1. The first-order chi connectivity index (χ1) is 16.7. The molecule has 3 aromatic rings. The highest BCUT2D eigenvalue weighted by Crippen LogP contribution is 2.44. The molecule has 0 spiro atoms. The fourth-order valence-corrected chi connectivity index (χ4v) is 4.48. The zero-order valence-electron chi connectivity index (χ0n) is 20.3. The van der Waals surface area contributed by atoms with E-state index in [0.717, 1.165) is 22.4 Å². The molecule has 1 aliphatic rings. The topological polar surface area (TPSA) is 77.1 Å². The Bertz CT molecular complexity index is 1300. The summed E-state index contributed by atoms with van der Waals surface area (Å²) in [7, 11) is 4.68. The number of hydrogen-bond acceptors (Lipinski definition) is 6. The third kappa shape index (κ3) is 4.64. The Kier molecular flexibility index (Phi) is 6.63. The number of fused-ring (bicyclic) bond motifs is 1. The number of methoxy groups -OCH3 is 2. The zero-order chi connectivity index (χ0) is 25.3. The van der Waals surface area contributed by atoms with Gasteiger partial charge in [-0.25, -0.2) is 4.79 Å². The van der Waals surface area contributed by atoms with E-state index in [2.05, 4.69) is 5.32 Å². The van der Waals surface area contributed by atoms with Gasteiger partial charge in [-0.15, -0.1) is 0 Å². The number of anilines is 2. The number of carbonyl (C=O) groups is 2. The van der Waals surface area contributed by atoms with Crippen molar-refractivity contribution in [2.75, 3.05) is 31.5 Å². The fraction of sp³-hybridized carbons (Fsp3) is 0.259. The normalized spacial score (nSPS) is 14.1. The van der Waals surface area contributed by atoms with Gasteiger partial charge in [-0.05, 0) is 61.9 Å². The van der Waals surface area contributed by atoms with E-state index in [0.29, 0.717) is 27.8 Å². The second-order valence-electron chi connectivity index (χ2n) is 8.75. The number of esters is 1. The van der Waals surface area contributed by atoms with Crippen molar-refractivity contribution < 1.29 is 23.8 Å². The maximum atomic E-state index is 13.1. The van der Waals surface area contributed by atoms with E-state index in [1.165, 1.54) is 7.11 Å². The van der Waals surface area contributed by atoms with Gasteiger partial charge in [0.2, 0.25) is 0 Å². The van der Waals surface area contributed by atoms with Crippen molar-refractivity contribution >= 4 is 34.9 Å². The minimum atomic E-state index is -0.760. The first kappa shape index (κ1) is 24.4. The summed E-state index contributed by atoms with van der Waals surface area (Å²) in [4.78, 5) is 26.7. The van der Waals surface area contributed by atoms with Gasteiger partial charge in [0.05, 0.1) is 31.2 Å². The number of nitrogens with one attached hydrogen (secondary N) is 1. The van der Waals surface area contributed by atoms with Gasteiger partial charge in [0, 0.05) is 23.2 Å². The van der Waals surface area contributed by atoms with Gasteiger partial charge in [0.25, 0.3) is 5.91 Å². The molecule has 1 N–H and O–H groups in total. The zero-order valence-corrected chi connectivity index (χ0v) is 21.0. The van der Waals surface area contributed by atoms with Crippen molar-refractivity contribution in [2.45, 2.75) is 26.0 Å². The Morgan fingerprint density at radius 1 is 1.06 bits per heavy atom. The molecule has 3 aromatic carbocycles. The second-order valence-corrected chi connectivity index (χ2v) is 9.19. The SMILES string of the molecule is COC(=O)c1cccc(OCc2c(-c3cc(Cl)ccc3OC)ccc3c2N(C)C(=O)C(C)(C)N3)c1. The molecule has 4 rings (SSSR count). The average molecular weight is 495 g/mol. The molecular formula is C27H27ClN2O5. The summed E-state index contributed by atoms with van der Waals surface area (Å²) in [6.07, 6.45) is 0. The Hall–Kier alpha value is -3.71. The van der Waals surface area contributed by atoms with Crippen molar-refractivity contribution in [3.63, 3.8) is 0 Å². The van der Waals surface area contributed by atoms with Crippen LogP contribution in [0.3, 0.4) is 0 Å². The molecule has 1 heterocycles. The summed E-state index contributed by atoms with van der Waals surface area (Å²) < 4.78 is 16.6. The van der Waals surface area contributed by atoms with Gasteiger partial charge in [0.15, 0.2) is 0 Å². The number of ether oxygens (including phenoxy) is 3. The highest BCUT2D eigenvalue weighted by Gasteiger charge is 2.38. The molecule has 182 valence electrons. The maximum absolute atomic E-state index is 13.1. The first-order valence-corrected chi connectivity index (χ1v) is 11.4.